The van der Waals surface area contributed by atoms with Crippen LogP contribution in [0.2, 0.25) is 0 Å². The highest BCUT2D eigenvalue weighted by Crippen LogP contribution is 2.24. The topological polar surface area (TPSA) is 121 Å². The number of carbonyl (C=O) groups excluding carboxylic acids is 1. The minimum absolute atomic E-state index is 0.110. The van der Waals surface area contributed by atoms with Crippen molar-refractivity contribution >= 4 is 32.7 Å². The van der Waals surface area contributed by atoms with Gasteiger partial charge in [0, 0.05) is 19.2 Å². The Labute approximate surface area is 110 Å². The molecule has 102 valence electrons. The number of para-hydroxylation sites is 1. The molecule has 0 atom stereocenters. The summed E-state index contributed by atoms with van der Waals surface area (Å²) < 4.78 is 24.9. The maximum absolute atomic E-state index is 11.7. The van der Waals surface area contributed by atoms with Crippen LogP contribution >= 0.6 is 0 Å². The number of aromatic nitrogens is 2. The molecule has 0 fully saturated rings. The van der Waals surface area contributed by atoms with Gasteiger partial charge in [0.05, 0.1) is 10.4 Å². The molecule has 8 heteroatoms. The zero-order chi connectivity index (χ0) is 14.2. The molecule has 2 aromatic rings. The van der Waals surface area contributed by atoms with Crippen molar-refractivity contribution in [3.8, 4) is 0 Å². The van der Waals surface area contributed by atoms with Crippen molar-refractivity contribution in [1.29, 1.82) is 0 Å². The maximum Gasteiger partial charge on any atom is 0.219 e. The molecule has 1 heterocycles. The van der Waals surface area contributed by atoms with Gasteiger partial charge in [0.1, 0.15) is 5.52 Å². The van der Waals surface area contributed by atoms with Crippen LogP contribution in [-0.2, 0) is 21.2 Å². The molecule has 0 radical (unpaired) electrons. The van der Waals surface area contributed by atoms with E-state index in [1.165, 1.54) is 6.07 Å². The highest BCUT2D eigenvalue weighted by Gasteiger charge is 2.17. The van der Waals surface area contributed by atoms with E-state index in [0.29, 0.717) is 11.0 Å². The lowest BCUT2D eigenvalue weighted by Crippen LogP contribution is -2.14. The highest BCUT2D eigenvalue weighted by molar-refractivity contribution is 7.91. The lowest BCUT2D eigenvalue weighted by Gasteiger charge is -2.05. The quantitative estimate of drug-likeness (QED) is 0.810. The minimum atomic E-state index is -3.39. The Morgan fingerprint density at radius 3 is 2.68 bits per heavy atom. The van der Waals surface area contributed by atoms with E-state index in [1.54, 1.807) is 16.7 Å². The molecule has 0 bridgehead atoms. The highest BCUT2D eigenvalue weighted by atomic mass is 32.2. The third-order valence-corrected chi connectivity index (χ3v) is 3.88. The fraction of sp³-hybridized carbons (Fsp3) is 0.273. The predicted octanol–water partition coefficient (Wildman–Crippen LogP) is -0.103. The first-order valence-corrected chi connectivity index (χ1v) is 7.43. The number of benzene rings is 1. The number of hydrogen-bond acceptors (Lipinski definition) is 5. The number of sulfone groups is 1. The van der Waals surface area contributed by atoms with E-state index in [0.717, 1.165) is 6.26 Å². The number of aryl methyl sites for hydroxylation is 1. The number of imidazole rings is 1. The van der Waals surface area contributed by atoms with Gasteiger partial charge in [-0.05, 0) is 12.1 Å². The van der Waals surface area contributed by atoms with Crippen molar-refractivity contribution < 1.29 is 13.2 Å². The van der Waals surface area contributed by atoms with Crippen LogP contribution in [0.25, 0.3) is 11.0 Å². The Morgan fingerprint density at radius 1 is 1.42 bits per heavy atom. The number of fused-ring (bicyclic) bond motifs is 1. The molecule has 0 aliphatic heterocycles. The van der Waals surface area contributed by atoms with Crippen LogP contribution < -0.4 is 11.5 Å². The molecular weight excluding hydrogens is 268 g/mol. The molecular formula is C11H14N4O3S. The summed E-state index contributed by atoms with van der Waals surface area (Å²) in [6.45, 7) is 0.269. The van der Waals surface area contributed by atoms with Crippen molar-refractivity contribution in [3.05, 3.63) is 18.2 Å². The lowest BCUT2D eigenvalue weighted by atomic mass is 10.3. The van der Waals surface area contributed by atoms with Crippen molar-refractivity contribution in [2.24, 2.45) is 5.73 Å². The SMILES string of the molecule is CS(=O)(=O)c1cccc2c1nc(N)n2CCC(N)=O. The van der Waals surface area contributed by atoms with Gasteiger partial charge < -0.3 is 16.0 Å². The van der Waals surface area contributed by atoms with Crippen molar-refractivity contribution in [2.75, 3.05) is 12.0 Å². The van der Waals surface area contributed by atoms with E-state index >= 15 is 0 Å². The summed E-state index contributed by atoms with van der Waals surface area (Å²) in [5.41, 5.74) is 11.7. The smallest absolute Gasteiger partial charge is 0.219 e. The summed E-state index contributed by atoms with van der Waals surface area (Å²) in [6.07, 6.45) is 1.22. The van der Waals surface area contributed by atoms with Crippen LogP contribution in [-0.4, -0.2) is 30.1 Å². The molecule has 1 aromatic heterocycles. The van der Waals surface area contributed by atoms with Gasteiger partial charge >= 0.3 is 0 Å². The van der Waals surface area contributed by atoms with E-state index in [2.05, 4.69) is 4.98 Å². The Bertz CT molecular complexity index is 749. The third kappa shape index (κ3) is 2.53. The maximum atomic E-state index is 11.7. The molecule has 1 aromatic carbocycles. The summed E-state index contributed by atoms with van der Waals surface area (Å²) in [5.74, 6) is -0.298. The third-order valence-electron chi connectivity index (χ3n) is 2.75. The number of nitrogens with two attached hydrogens (primary N) is 2. The van der Waals surface area contributed by atoms with Gasteiger partial charge in [0.15, 0.2) is 9.84 Å². The fourth-order valence-electron chi connectivity index (χ4n) is 1.90. The van der Waals surface area contributed by atoms with E-state index in [4.69, 9.17) is 11.5 Å². The molecule has 2 rings (SSSR count). The van der Waals surface area contributed by atoms with E-state index < -0.39 is 15.7 Å². The number of anilines is 1. The molecule has 0 spiro atoms. The normalized spacial score (nSPS) is 11.8. The first kappa shape index (κ1) is 13.3. The second-order valence-corrected chi connectivity index (χ2v) is 6.22. The van der Waals surface area contributed by atoms with E-state index in [1.807, 2.05) is 0 Å². The second-order valence-electron chi connectivity index (χ2n) is 4.23. The minimum Gasteiger partial charge on any atom is -0.370 e. The Morgan fingerprint density at radius 2 is 2.11 bits per heavy atom. The van der Waals surface area contributed by atoms with Crippen LogP contribution in [0.15, 0.2) is 23.1 Å². The van der Waals surface area contributed by atoms with Crippen LogP contribution in [0, 0.1) is 0 Å². The summed E-state index contributed by atoms with van der Waals surface area (Å²) in [4.78, 5) is 15.0. The molecule has 19 heavy (non-hydrogen) atoms. The molecule has 0 saturated carbocycles. The second kappa shape index (κ2) is 4.54. The van der Waals surface area contributed by atoms with Gasteiger partial charge in [0.25, 0.3) is 0 Å². The number of nitrogen functional groups attached to an aromatic ring is 1. The van der Waals surface area contributed by atoms with Crippen LogP contribution in [0.3, 0.4) is 0 Å². The van der Waals surface area contributed by atoms with Crippen LogP contribution in [0.5, 0.6) is 0 Å². The number of nitrogens with zero attached hydrogens (tertiary/aromatic N) is 2. The molecule has 1 amide bonds. The molecule has 7 nitrogen and oxygen atoms in total. The van der Waals surface area contributed by atoms with Gasteiger partial charge in [-0.2, -0.15) is 0 Å². The first-order valence-electron chi connectivity index (χ1n) is 5.54. The van der Waals surface area contributed by atoms with Crippen molar-refractivity contribution in [3.63, 3.8) is 0 Å². The zero-order valence-electron chi connectivity index (χ0n) is 10.3. The van der Waals surface area contributed by atoms with Crippen molar-refractivity contribution in [2.45, 2.75) is 17.9 Å². The van der Waals surface area contributed by atoms with Gasteiger partial charge in [-0.1, -0.05) is 6.07 Å². The van der Waals surface area contributed by atoms with Gasteiger partial charge in [-0.3, -0.25) is 4.79 Å². The molecule has 0 unspecified atom stereocenters. The summed E-state index contributed by atoms with van der Waals surface area (Å²) in [5, 5.41) is 0. The lowest BCUT2D eigenvalue weighted by molar-refractivity contribution is -0.118. The Kier molecular flexibility index (Phi) is 3.19. The molecule has 0 saturated heterocycles. The average Bonchev–Trinajstić information content (AvgIpc) is 2.60. The summed E-state index contributed by atoms with van der Waals surface area (Å²) in [7, 11) is -3.39. The number of primary amides is 1. The standard InChI is InChI=1S/C11H14N4O3S/c1-19(17,18)8-4-2-3-7-10(8)14-11(13)15(7)6-5-9(12)16/h2-4H,5-6H2,1H3,(H2,12,16)(H2,13,14). The van der Waals surface area contributed by atoms with Crippen LogP contribution in [0.4, 0.5) is 5.95 Å². The van der Waals surface area contributed by atoms with Gasteiger partial charge in [-0.25, -0.2) is 13.4 Å². The van der Waals surface area contributed by atoms with Crippen LogP contribution in [0.1, 0.15) is 6.42 Å². The van der Waals surface area contributed by atoms with E-state index in [9.17, 15) is 13.2 Å². The average molecular weight is 282 g/mol. The zero-order valence-corrected chi connectivity index (χ0v) is 11.1. The summed E-state index contributed by atoms with van der Waals surface area (Å²) in [6, 6.07) is 4.79. The van der Waals surface area contributed by atoms with E-state index in [-0.39, 0.29) is 23.8 Å². The molecule has 0 aliphatic rings. The van der Waals surface area contributed by atoms with Gasteiger partial charge in [-0.15, -0.1) is 0 Å². The Hall–Kier alpha value is -2.09. The summed E-state index contributed by atoms with van der Waals surface area (Å²) >= 11 is 0. The van der Waals surface area contributed by atoms with Crippen molar-refractivity contribution in [1.82, 2.24) is 9.55 Å². The number of carbonyl (C=O) groups is 1. The number of amides is 1. The Balaban J connectivity index is 2.62. The number of hydrogen-bond donors (Lipinski definition) is 2. The predicted molar refractivity (Wildman–Crippen MR) is 71.1 cm³/mol. The number of rotatable bonds is 4. The monoisotopic (exact) mass is 282 g/mol. The molecule has 0 aliphatic carbocycles. The fourth-order valence-corrected chi connectivity index (χ4v) is 2.72. The first-order chi connectivity index (χ1) is 8.80. The molecule has 4 N–H and O–H groups in total. The largest absolute Gasteiger partial charge is 0.370 e. The van der Waals surface area contributed by atoms with Gasteiger partial charge in [0.2, 0.25) is 11.9 Å².